The lowest BCUT2D eigenvalue weighted by Gasteiger charge is -2.36. The first-order valence-corrected chi connectivity index (χ1v) is 11.0. The van der Waals surface area contributed by atoms with Gasteiger partial charge in [0.05, 0.1) is 17.2 Å². The summed E-state index contributed by atoms with van der Waals surface area (Å²) in [6.07, 6.45) is 0.889. The molecule has 9 heteroatoms. The van der Waals surface area contributed by atoms with Gasteiger partial charge in [0.1, 0.15) is 5.82 Å². The summed E-state index contributed by atoms with van der Waals surface area (Å²) in [6.45, 7) is 13.1. The fourth-order valence-corrected chi connectivity index (χ4v) is 4.57. The molecule has 0 aliphatic carbocycles. The number of aryl methyl sites for hydroxylation is 1. The number of aliphatic imine (C=N–C) groups is 1. The number of thiazole rings is 1. The third-order valence-corrected chi connectivity index (χ3v) is 6.59. The van der Waals surface area contributed by atoms with Crippen LogP contribution >= 0.6 is 22.9 Å². The minimum absolute atomic E-state index is 0.100. The summed E-state index contributed by atoms with van der Waals surface area (Å²) < 4.78 is 4.40. The highest BCUT2D eigenvalue weighted by atomic mass is 32.1. The maximum absolute atomic E-state index is 4.76. The van der Waals surface area contributed by atoms with E-state index in [1.165, 1.54) is 16.5 Å². The summed E-state index contributed by atoms with van der Waals surface area (Å²) >= 11 is 3.23. The van der Waals surface area contributed by atoms with E-state index in [1.807, 2.05) is 7.05 Å². The third-order valence-electron chi connectivity index (χ3n) is 4.46. The zero-order valence-electron chi connectivity index (χ0n) is 16.8. The molecular weight excluding hydrogens is 378 g/mol. The van der Waals surface area contributed by atoms with Gasteiger partial charge in [0, 0.05) is 62.0 Å². The van der Waals surface area contributed by atoms with Crippen molar-refractivity contribution in [3.05, 3.63) is 21.9 Å². The van der Waals surface area contributed by atoms with Gasteiger partial charge in [-0.3, -0.25) is 4.99 Å². The van der Waals surface area contributed by atoms with Crippen molar-refractivity contribution in [2.24, 2.45) is 4.99 Å². The second-order valence-corrected chi connectivity index (χ2v) is 9.20. The fraction of sp³-hybridized carbons (Fsp3) is 0.667. The Balaban J connectivity index is 1.52. The van der Waals surface area contributed by atoms with Crippen LogP contribution in [0.1, 0.15) is 44.2 Å². The predicted molar refractivity (Wildman–Crippen MR) is 114 cm³/mol. The lowest BCUT2D eigenvalue weighted by atomic mass is 9.98. The van der Waals surface area contributed by atoms with Crippen molar-refractivity contribution in [3.8, 4) is 0 Å². The number of piperazine rings is 1. The van der Waals surface area contributed by atoms with Gasteiger partial charge >= 0.3 is 0 Å². The molecule has 27 heavy (non-hydrogen) atoms. The van der Waals surface area contributed by atoms with Crippen molar-refractivity contribution >= 4 is 34.0 Å². The van der Waals surface area contributed by atoms with Crippen LogP contribution in [0.2, 0.25) is 0 Å². The van der Waals surface area contributed by atoms with E-state index < -0.39 is 0 Å². The van der Waals surface area contributed by atoms with Gasteiger partial charge < -0.3 is 15.1 Å². The summed E-state index contributed by atoms with van der Waals surface area (Å²) in [6, 6.07) is 0. The Morgan fingerprint density at radius 1 is 1.22 bits per heavy atom. The van der Waals surface area contributed by atoms with Gasteiger partial charge in [-0.2, -0.15) is 4.37 Å². The monoisotopic (exact) mass is 407 g/mol. The largest absolute Gasteiger partial charge is 0.351 e. The molecule has 0 bridgehead atoms. The highest BCUT2D eigenvalue weighted by molar-refractivity contribution is 7.10. The first-order valence-electron chi connectivity index (χ1n) is 9.38. The highest BCUT2D eigenvalue weighted by Crippen LogP contribution is 2.25. The van der Waals surface area contributed by atoms with Crippen LogP contribution in [0.4, 0.5) is 5.13 Å². The number of anilines is 1. The number of nitrogens with one attached hydrogen (secondary N) is 1. The molecule has 3 rings (SSSR count). The number of hydrogen-bond donors (Lipinski definition) is 1. The van der Waals surface area contributed by atoms with Crippen LogP contribution in [0.15, 0.2) is 10.4 Å². The molecule has 0 atom stereocenters. The SMILES string of the molecule is CCc1nsc(N2CCN(C(=NC)NCc3csc(C(C)(C)C)n3)CC2)n1. The Morgan fingerprint density at radius 3 is 2.52 bits per heavy atom. The molecule has 1 saturated heterocycles. The Labute approximate surface area is 169 Å². The molecule has 0 aromatic carbocycles. The summed E-state index contributed by atoms with van der Waals surface area (Å²) in [5.41, 5.74) is 1.18. The van der Waals surface area contributed by atoms with Crippen molar-refractivity contribution in [3.63, 3.8) is 0 Å². The molecule has 0 amide bonds. The second kappa shape index (κ2) is 8.52. The summed E-state index contributed by atoms with van der Waals surface area (Å²) in [5.74, 6) is 1.87. The molecular formula is C18H29N7S2. The number of rotatable bonds is 4. The normalized spacial score (nSPS) is 16.1. The van der Waals surface area contributed by atoms with Gasteiger partial charge in [-0.25, -0.2) is 9.97 Å². The van der Waals surface area contributed by atoms with E-state index in [1.54, 1.807) is 11.3 Å². The molecule has 3 heterocycles. The number of aromatic nitrogens is 3. The summed E-state index contributed by atoms with van der Waals surface area (Å²) in [5, 5.41) is 7.81. The number of hydrogen-bond acceptors (Lipinski definition) is 7. The molecule has 2 aromatic rings. The van der Waals surface area contributed by atoms with E-state index in [-0.39, 0.29) is 5.41 Å². The van der Waals surface area contributed by atoms with Crippen LogP contribution in [-0.4, -0.2) is 58.4 Å². The standard InChI is InChI=1S/C18H29N7S2/c1-6-14-22-17(27-23-14)25-9-7-24(8-10-25)16(19-5)20-11-13-12-26-15(21-13)18(2,3)4/h12H,6-11H2,1-5H3,(H,19,20). The van der Waals surface area contributed by atoms with Crippen LogP contribution in [0, 0.1) is 0 Å². The van der Waals surface area contributed by atoms with Crippen LogP contribution in [-0.2, 0) is 18.4 Å². The second-order valence-electron chi connectivity index (χ2n) is 7.62. The smallest absolute Gasteiger partial charge is 0.205 e. The van der Waals surface area contributed by atoms with E-state index >= 15 is 0 Å². The van der Waals surface area contributed by atoms with E-state index in [9.17, 15) is 0 Å². The zero-order chi connectivity index (χ0) is 19.4. The molecule has 0 saturated carbocycles. The third kappa shape index (κ3) is 4.95. The average molecular weight is 408 g/mol. The van der Waals surface area contributed by atoms with Crippen molar-refractivity contribution in [2.75, 3.05) is 38.1 Å². The molecule has 7 nitrogen and oxygen atoms in total. The maximum Gasteiger partial charge on any atom is 0.205 e. The van der Waals surface area contributed by atoms with Gasteiger partial charge in [-0.05, 0) is 0 Å². The van der Waals surface area contributed by atoms with Gasteiger partial charge in [0.25, 0.3) is 0 Å². The van der Waals surface area contributed by atoms with E-state index in [2.05, 4.69) is 62.5 Å². The Kier molecular flexibility index (Phi) is 6.31. The molecule has 1 aliphatic rings. The first kappa shape index (κ1) is 20.0. The summed E-state index contributed by atoms with van der Waals surface area (Å²) in [4.78, 5) is 18.4. The molecule has 1 N–H and O–H groups in total. The van der Waals surface area contributed by atoms with Crippen LogP contribution in [0.5, 0.6) is 0 Å². The highest BCUT2D eigenvalue weighted by Gasteiger charge is 2.22. The van der Waals surface area contributed by atoms with Crippen LogP contribution < -0.4 is 10.2 Å². The van der Waals surface area contributed by atoms with Crippen LogP contribution in [0.3, 0.4) is 0 Å². The van der Waals surface area contributed by atoms with Crippen molar-refractivity contribution in [1.29, 1.82) is 0 Å². The minimum Gasteiger partial charge on any atom is -0.351 e. The maximum atomic E-state index is 4.76. The molecule has 148 valence electrons. The van der Waals surface area contributed by atoms with Crippen molar-refractivity contribution < 1.29 is 0 Å². The van der Waals surface area contributed by atoms with E-state index in [0.717, 1.165) is 55.2 Å². The van der Waals surface area contributed by atoms with Gasteiger partial charge in [0.2, 0.25) is 5.13 Å². The average Bonchev–Trinajstić information content (AvgIpc) is 3.32. The first-order chi connectivity index (χ1) is 12.9. The molecule has 1 fully saturated rings. The van der Waals surface area contributed by atoms with Crippen molar-refractivity contribution in [1.82, 2.24) is 24.6 Å². The lowest BCUT2D eigenvalue weighted by molar-refractivity contribution is 0.372. The van der Waals surface area contributed by atoms with Gasteiger partial charge in [0.15, 0.2) is 5.96 Å². The topological polar surface area (TPSA) is 69.5 Å². The molecule has 0 radical (unpaired) electrons. The molecule has 2 aromatic heterocycles. The Morgan fingerprint density at radius 2 is 1.96 bits per heavy atom. The quantitative estimate of drug-likeness (QED) is 0.621. The van der Waals surface area contributed by atoms with Crippen LogP contribution in [0.25, 0.3) is 0 Å². The van der Waals surface area contributed by atoms with E-state index in [0.29, 0.717) is 6.54 Å². The lowest BCUT2D eigenvalue weighted by Crippen LogP contribution is -2.52. The van der Waals surface area contributed by atoms with E-state index in [4.69, 9.17) is 4.98 Å². The molecule has 0 spiro atoms. The number of nitrogens with zero attached hydrogens (tertiary/aromatic N) is 6. The van der Waals surface area contributed by atoms with Gasteiger partial charge in [-0.1, -0.05) is 27.7 Å². The predicted octanol–water partition coefficient (Wildman–Crippen LogP) is 2.75. The molecule has 0 unspecified atom stereocenters. The summed E-state index contributed by atoms with van der Waals surface area (Å²) in [7, 11) is 1.84. The Hall–Kier alpha value is -1.74. The minimum atomic E-state index is 0.100. The zero-order valence-corrected chi connectivity index (χ0v) is 18.5. The fourth-order valence-electron chi connectivity index (χ4n) is 2.86. The molecule has 1 aliphatic heterocycles. The number of guanidine groups is 1. The van der Waals surface area contributed by atoms with Crippen molar-refractivity contribution in [2.45, 2.75) is 46.1 Å². The Bertz CT molecular complexity index is 767. The van der Waals surface area contributed by atoms with Gasteiger partial charge in [-0.15, -0.1) is 11.3 Å².